The van der Waals surface area contributed by atoms with Gasteiger partial charge in [-0.05, 0) is 24.9 Å². The van der Waals surface area contributed by atoms with Crippen molar-refractivity contribution < 1.29 is 4.74 Å². The van der Waals surface area contributed by atoms with Crippen LogP contribution < -0.4 is 10.9 Å². The predicted octanol–water partition coefficient (Wildman–Crippen LogP) is 3.51. The van der Waals surface area contributed by atoms with Crippen molar-refractivity contribution >= 4 is 17.2 Å². The van der Waals surface area contributed by atoms with E-state index >= 15 is 0 Å². The second kappa shape index (κ2) is 9.90. The Morgan fingerprint density at radius 2 is 1.88 bits per heavy atom. The fraction of sp³-hybridized carbons (Fsp3) is 0.550. The lowest BCUT2D eigenvalue weighted by Gasteiger charge is -2.26. The summed E-state index contributed by atoms with van der Waals surface area (Å²) in [5.41, 5.74) is 1.99. The minimum Gasteiger partial charge on any atom is -0.379 e. The molecule has 2 heterocycles. The Kier molecular flexibility index (Phi) is 7.29. The predicted molar refractivity (Wildman–Crippen MR) is 109 cm³/mol. The molecule has 5 nitrogen and oxygen atoms in total. The Morgan fingerprint density at radius 1 is 1.12 bits per heavy atom. The van der Waals surface area contributed by atoms with Crippen molar-refractivity contribution in [1.82, 2.24) is 8.86 Å². The average molecular weight is 376 g/mol. The number of hydrogen-bond donors (Lipinski definition) is 1. The van der Waals surface area contributed by atoms with E-state index < -0.39 is 0 Å². The van der Waals surface area contributed by atoms with Gasteiger partial charge in [0.05, 0.1) is 18.1 Å². The molecule has 0 spiro atoms. The molecular formula is C20H29N3O2S. The van der Waals surface area contributed by atoms with E-state index in [0.717, 1.165) is 81.3 Å². The second-order valence-corrected chi connectivity index (χ2v) is 7.69. The van der Waals surface area contributed by atoms with Crippen LogP contribution in [-0.2, 0) is 11.3 Å². The third kappa shape index (κ3) is 4.96. The number of rotatable bonds is 9. The molecule has 1 N–H and O–H groups in total. The van der Waals surface area contributed by atoms with Gasteiger partial charge in [-0.2, -0.15) is 0 Å². The quantitative estimate of drug-likeness (QED) is 0.682. The number of morpholine rings is 1. The molecule has 1 aliphatic rings. The van der Waals surface area contributed by atoms with Crippen molar-refractivity contribution in [3.63, 3.8) is 0 Å². The van der Waals surface area contributed by atoms with Crippen LogP contribution in [0.4, 0.5) is 5.69 Å². The first kappa shape index (κ1) is 19.1. The van der Waals surface area contributed by atoms with E-state index in [2.05, 4.69) is 29.3 Å². The number of anilines is 1. The van der Waals surface area contributed by atoms with Crippen LogP contribution in [0.1, 0.15) is 26.2 Å². The molecule has 0 aliphatic carbocycles. The lowest BCUT2D eigenvalue weighted by atomic mass is 10.2. The van der Waals surface area contributed by atoms with Crippen LogP contribution in [-0.4, -0.2) is 48.2 Å². The zero-order valence-electron chi connectivity index (χ0n) is 15.6. The van der Waals surface area contributed by atoms with Crippen LogP contribution in [0.15, 0.2) is 35.1 Å². The Balaban J connectivity index is 1.67. The van der Waals surface area contributed by atoms with Gasteiger partial charge in [0.25, 0.3) is 5.56 Å². The number of aryl methyl sites for hydroxylation is 1. The molecule has 1 aromatic carbocycles. The summed E-state index contributed by atoms with van der Waals surface area (Å²) in [6.07, 6.45) is 3.15. The van der Waals surface area contributed by atoms with E-state index in [0.29, 0.717) is 0 Å². The molecule has 0 radical (unpaired) electrons. The molecule has 142 valence electrons. The van der Waals surface area contributed by atoms with Gasteiger partial charge >= 0.3 is 0 Å². The first-order valence-corrected chi connectivity index (χ1v) is 10.4. The number of ether oxygens (including phenoxy) is 1. The van der Waals surface area contributed by atoms with E-state index in [1.165, 1.54) is 0 Å². The maximum Gasteiger partial charge on any atom is 0.284 e. The van der Waals surface area contributed by atoms with E-state index in [-0.39, 0.29) is 5.56 Å². The zero-order chi connectivity index (χ0) is 18.2. The number of nitrogens with one attached hydrogen (secondary N) is 1. The third-order valence-electron chi connectivity index (χ3n) is 4.68. The minimum absolute atomic E-state index is 0.119. The molecule has 0 atom stereocenters. The molecule has 26 heavy (non-hydrogen) atoms. The van der Waals surface area contributed by atoms with Gasteiger partial charge in [0, 0.05) is 26.2 Å². The number of nitrogens with zero attached hydrogens (tertiary/aromatic N) is 2. The maximum absolute atomic E-state index is 12.8. The average Bonchev–Trinajstić information content (AvgIpc) is 3.01. The minimum atomic E-state index is 0.119. The molecule has 0 bridgehead atoms. The molecular weight excluding hydrogens is 346 g/mol. The van der Waals surface area contributed by atoms with Crippen LogP contribution in [0.2, 0.25) is 0 Å². The molecule has 0 saturated carbocycles. The molecule has 1 aromatic heterocycles. The van der Waals surface area contributed by atoms with Crippen LogP contribution in [0.3, 0.4) is 0 Å². The number of unbranched alkanes of at least 4 members (excludes halogenated alkanes) is 1. The van der Waals surface area contributed by atoms with Gasteiger partial charge in [0.2, 0.25) is 0 Å². The Hall–Kier alpha value is -1.63. The molecule has 6 heteroatoms. The highest BCUT2D eigenvalue weighted by molar-refractivity contribution is 7.10. The largest absolute Gasteiger partial charge is 0.379 e. The third-order valence-corrected chi connectivity index (χ3v) is 5.87. The lowest BCUT2D eigenvalue weighted by molar-refractivity contribution is 0.0378. The zero-order valence-corrected chi connectivity index (χ0v) is 16.4. The topological polar surface area (TPSA) is 46.5 Å². The van der Waals surface area contributed by atoms with E-state index in [4.69, 9.17) is 4.74 Å². The number of aromatic nitrogens is 1. The summed E-state index contributed by atoms with van der Waals surface area (Å²) in [5, 5.41) is 3.44. The highest BCUT2D eigenvalue weighted by Crippen LogP contribution is 2.30. The summed E-state index contributed by atoms with van der Waals surface area (Å²) in [4.78, 5) is 16.3. The van der Waals surface area contributed by atoms with Gasteiger partial charge in [-0.15, -0.1) is 0 Å². The summed E-state index contributed by atoms with van der Waals surface area (Å²) in [6, 6.07) is 10.2. The normalized spacial score (nSPS) is 15.3. The van der Waals surface area contributed by atoms with Gasteiger partial charge in [0.1, 0.15) is 5.69 Å². The molecule has 1 saturated heterocycles. The summed E-state index contributed by atoms with van der Waals surface area (Å²) in [5.74, 6) is 0. The Morgan fingerprint density at radius 3 is 2.62 bits per heavy atom. The highest BCUT2D eigenvalue weighted by atomic mass is 32.1. The highest BCUT2D eigenvalue weighted by Gasteiger charge is 2.16. The fourth-order valence-corrected chi connectivity index (χ4v) is 4.26. The van der Waals surface area contributed by atoms with Gasteiger partial charge < -0.3 is 10.1 Å². The first-order valence-electron chi connectivity index (χ1n) is 9.63. The molecule has 3 rings (SSSR count). The summed E-state index contributed by atoms with van der Waals surface area (Å²) < 4.78 is 7.29. The van der Waals surface area contributed by atoms with Crippen LogP contribution in [0, 0.1) is 0 Å². The number of hydrogen-bond acceptors (Lipinski definition) is 5. The standard InChI is InChI=1S/C20H29N3O2S/c1-2-3-12-23-20(24)18(19(26-23)17-8-5-4-6-9-17)21-10-7-11-22-13-15-25-16-14-22/h4-6,8-9,21H,2-3,7,10-16H2,1H3. The van der Waals surface area contributed by atoms with Crippen molar-refractivity contribution in [2.45, 2.75) is 32.7 Å². The molecule has 0 amide bonds. The van der Waals surface area contributed by atoms with Crippen molar-refractivity contribution in [3.05, 3.63) is 40.7 Å². The van der Waals surface area contributed by atoms with Gasteiger partial charge in [0.15, 0.2) is 0 Å². The smallest absolute Gasteiger partial charge is 0.284 e. The van der Waals surface area contributed by atoms with Crippen LogP contribution >= 0.6 is 11.5 Å². The van der Waals surface area contributed by atoms with Crippen molar-refractivity contribution in [1.29, 1.82) is 0 Å². The Bertz CT molecular complexity index is 720. The summed E-state index contributed by atoms with van der Waals surface area (Å²) in [7, 11) is 0. The van der Waals surface area contributed by atoms with Crippen molar-refractivity contribution in [2.24, 2.45) is 0 Å². The Labute approximate surface area is 159 Å². The SMILES string of the molecule is CCCCn1sc(-c2ccccc2)c(NCCCN2CCOCC2)c1=O. The fourth-order valence-electron chi connectivity index (χ4n) is 3.15. The summed E-state index contributed by atoms with van der Waals surface area (Å²) >= 11 is 1.58. The second-order valence-electron chi connectivity index (χ2n) is 6.66. The van der Waals surface area contributed by atoms with Crippen molar-refractivity contribution in [2.75, 3.05) is 44.7 Å². The first-order chi connectivity index (χ1) is 12.8. The summed E-state index contributed by atoms with van der Waals surface area (Å²) in [6.45, 7) is 8.50. The van der Waals surface area contributed by atoms with E-state index in [1.54, 1.807) is 11.5 Å². The molecule has 2 aromatic rings. The molecule has 1 fully saturated rings. The van der Waals surface area contributed by atoms with Crippen LogP contribution in [0.5, 0.6) is 0 Å². The van der Waals surface area contributed by atoms with Gasteiger partial charge in [-0.1, -0.05) is 55.2 Å². The molecule has 1 aliphatic heterocycles. The lowest BCUT2D eigenvalue weighted by Crippen LogP contribution is -2.37. The van der Waals surface area contributed by atoms with E-state index in [9.17, 15) is 4.79 Å². The maximum atomic E-state index is 12.8. The molecule has 0 unspecified atom stereocenters. The van der Waals surface area contributed by atoms with Gasteiger partial charge in [-0.25, -0.2) is 0 Å². The van der Waals surface area contributed by atoms with Crippen LogP contribution in [0.25, 0.3) is 10.4 Å². The van der Waals surface area contributed by atoms with E-state index in [1.807, 2.05) is 22.2 Å². The van der Waals surface area contributed by atoms with Crippen molar-refractivity contribution in [3.8, 4) is 10.4 Å². The number of benzene rings is 1. The van der Waals surface area contributed by atoms with Gasteiger partial charge in [-0.3, -0.25) is 13.7 Å². The monoisotopic (exact) mass is 375 g/mol.